The number of rotatable bonds is 4. The second-order valence-corrected chi connectivity index (χ2v) is 7.45. The third-order valence-electron chi connectivity index (χ3n) is 4.96. The highest BCUT2D eigenvalue weighted by molar-refractivity contribution is 7.11. The summed E-state index contributed by atoms with van der Waals surface area (Å²) in [6.07, 6.45) is 2.41. The second-order valence-electron chi connectivity index (χ2n) is 6.51. The van der Waals surface area contributed by atoms with Gasteiger partial charge in [0.2, 0.25) is 0 Å². The summed E-state index contributed by atoms with van der Waals surface area (Å²) in [5.41, 5.74) is 3.15. The maximum absolute atomic E-state index is 13.3. The Morgan fingerprint density at radius 1 is 1.00 bits per heavy atom. The number of anilines is 1. The van der Waals surface area contributed by atoms with Gasteiger partial charge < -0.3 is 9.32 Å². The summed E-state index contributed by atoms with van der Waals surface area (Å²) in [5, 5.41) is 1.92. The normalized spacial score (nSPS) is 16.6. The lowest BCUT2D eigenvalue weighted by atomic mass is 10.1. The number of benzene rings is 1. The SMILES string of the molecule is O=C1C(c2cccs2)=C(N2CCc3ccccc32)C(=O)N1Cc1ccco1. The zero-order valence-electron chi connectivity index (χ0n) is 14.4. The maximum atomic E-state index is 13.3. The summed E-state index contributed by atoms with van der Waals surface area (Å²) in [6, 6.07) is 15.4. The van der Waals surface area contributed by atoms with Crippen LogP contribution in [0, 0.1) is 0 Å². The number of amides is 2. The summed E-state index contributed by atoms with van der Waals surface area (Å²) in [4.78, 5) is 30.6. The molecular formula is C21H16N2O3S. The third kappa shape index (κ3) is 2.52. The zero-order valence-corrected chi connectivity index (χ0v) is 15.2. The number of thiophene rings is 1. The molecule has 2 aliphatic heterocycles. The molecule has 0 saturated carbocycles. The number of hydrogen-bond donors (Lipinski definition) is 0. The lowest BCUT2D eigenvalue weighted by molar-refractivity contribution is -0.137. The summed E-state index contributed by atoms with van der Waals surface area (Å²) < 4.78 is 5.36. The van der Waals surface area contributed by atoms with Crippen LogP contribution in [0.15, 0.2) is 70.3 Å². The van der Waals surface area contributed by atoms with Gasteiger partial charge in [0.15, 0.2) is 0 Å². The molecule has 134 valence electrons. The van der Waals surface area contributed by atoms with Gasteiger partial charge in [-0.15, -0.1) is 11.3 Å². The Hall–Kier alpha value is -3.12. The molecule has 0 spiro atoms. The first-order chi connectivity index (χ1) is 13.2. The zero-order chi connectivity index (χ0) is 18.4. The molecule has 0 unspecified atom stereocenters. The highest BCUT2D eigenvalue weighted by atomic mass is 32.1. The van der Waals surface area contributed by atoms with E-state index in [-0.39, 0.29) is 18.4 Å². The summed E-state index contributed by atoms with van der Waals surface area (Å²) in [5.74, 6) is 0.0556. The van der Waals surface area contributed by atoms with Crippen molar-refractivity contribution < 1.29 is 14.0 Å². The monoisotopic (exact) mass is 376 g/mol. The van der Waals surface area contributed by atoms with Crippen molar-refractivity contribution in [1.29, 1.82) is 0 Å². The molecule has 4 heterocycles. The molecule has 0 aliphatic carbocycles. The van der Waals surface area contributed by atoms with E-state index >= 15 is 0 Å². The van der Waals surface area contributed by atoms with Gasteiger partial charge in [-0.2, -0.15) is 0 Å². The van der Waals surface area contributed by atoms with Crippen LogP contribution in [0.3, 0.4) is 0 Å². The Morgan fingerprint density at radius 3 is 2.67 bits per heavy atom. The largest absolute Gasteiger partial charge is 0.467 e. The number of fused-ring (bicyclic) bond motifs is 1. The lowest BCUT2D eigenvalue weighted by Gasteiger charge is -2.21. The van der Waals surface area contributed by atoms with Gasteiger partial charge in [0, 0.05) is 17.1 Å². The quantitative estimate of drug-likeness (QED) is 0.652. The molecule has 2 amide bonds. The minimum atomic E-state index is -0.267. The van der Waals surface area contributed by atoms with E-state index in [4.69, 9.17) is 4.42 Å². The Morgan fingerprint density at radius 2 is 1.89 bits per heavy atom. The van der Waals surface area contributed by atoms with Crippen LogP contribution in [0.5, 0.6) is 0 Å². The molecule has 0 radical (unpaired) electrons. The average molecular weight is 376 g/mol. The Bertz CT molecular complexity index is 1050. The van der Waals surface area contributed by atoms with Crippen molar-refractivity contribution >= 4 is 34.4 Å². The Labute approximate surface area is 160 Å². The molecule has 0 N–H and O–H groups in total. The Kier molecular flexibility index (Phi) is 3.72. The first-order valence-electron chi connectivity index (χ1n) is 8.76. The predicted molar refractivity (Wildman–Crippen MR) is 103 cm³/mol. The maximum Gasteiger partial charge on any atom is 0.278 e. The van der Waals surface area contributed by atoms with Crippen LogP contribution in [0.1, 0.15) is 16.2 Å². The fraction of sp³-hybridized carbons (Fsp3) is 0.143. The highest BCUT2D eigenvalue weighted by Gasteiger charge is 2.43. The third-order valence-corrected chi connectivity index (χ3v) is 5.85. The van der Waals surface area contributed by atoms with E-state index in [0.717, 1.165) is 17.0 Å². The molecule has 2 aromatic heterocycles. The molecule has 0 atom stereocenters. The van der Waals surface area contributed by atoms with Crippen LogP contribution in [0.4, 0.5) is 5.69 Å². The molecule has 0 saturated heterocycles. The van der Waals surface area contributed by atoms with Gasteiger partial charge in [0.1, 0.15) is 11.5 Å². The van der Waals surface area contributed by atoms with Gasteiger partial charge in [-0.3, -0.25) is 14.5 Å². The summed E-state index contributed by atoms with van der Waals surface area (Å²) in [6.45, 7) is 0.829. The van der Waals surface area contributed by atoms with Crippen LogP contribution in [-0.2, 0) is 22.6 Å². The van der Waals surface area contributed by atoms with Gasteiger partial charge in [-0.1, -0.05) is 24.3 Å². The van der Waals surface area contributed by atoms with Crippen LogP contribution >= 0.6 is 11.3 Å². The minimum absolute atomic E-state index is 0.137. The smallest absolute Gasteiger partial charge is 0.278 e. The van der Waals surface area contributed by atoms with E-state index in [2.05, 4.69) is 6.07 Å². The van der Waals surface area contributed by atoms with Crippen molar-refractivity contribution in [3.05, 3.63) is 82.1 Å². The number of hydrogen-bond acceptors (Lipinski definition) is 5. The number of imide groups is 1. The standard InChI is InChI=1S/C21H16N2O3S/c24-20-18(17-8-4-12-27-17)19(21(25)23(20)13-15-6-3-11-26-15)22-10-9-14-5-1-2-7-16(14)22/h1-8,11-12H,9-10,13H2. The van der Waals surface area contributed by atoms with Gasteiger partial charge in [0.05, 0.1) is 18.4 Å². The summed E-state index contributed by atoms with van der Waals surface area (Å²) in [7, 11) is 0. The number of carbonyl (C=O) groups excluding carboxylic acids is 2. The predicted octanol–water partition coefficient (Wildman–Crippen LogP) is 3.68. The fourth-order valence-corrected chi connectivity index (χ4v) is 4.49. The first-order valence-corrected chi connectivity index (χ1v) is 9.64. The first kappa shape index (κ1) is 16.1. The highest BCUT2D eigenvalue weighted by Crippen LogP contribution is 2.39. The summed E-state index contributed by atoms with van der Waals surface area (Å²) >= 11 is 1.47. The van der Waals surface area contributed by atoms with Crippen molar-refractivity contribution in [3.63, 3.8) is 0 Å². The van der Waals surface area contributed by atoms with Gasteiger partial charge >= 0.3 is 0 Å². The van der Waals surface area contributed by atoms with E-state index in [0.29, 0.717) is 23.6 Å². The number of carbonyl (C=O) groups is 2. The second kappa shape index (κ2) is 6.25. The van der Waals surface area contributed by atoms with Crippen molar-refractivity contribution in [2.45, 2.75) is 13.0 Å². The van der Waals surface area contributed by atoms with E-state index < -0.39 is 0 Å². The average Bonchev–Trinajstić information content (AvgIpc) is 3.46. The molecule has 3 aromatic rings. The van der Waals surface area contributed by atoms with Crippen molar-refractivity contribution in [1.82, 2.24) is 4.90 Å². The van der Waals surface area contributed by atoms with Crippen molar-refractivity contribution in [3.8, 4) is 0 Å². The molecule has 1 aromatic carbocycles. The van der Waals surface area contributed by atoms with Crippen LogP contribution < -0.4 is 4.90 Å². The fourth-order valence-electron chi connectivity index (χ4n) is 3.73. The molecule has 5 nitrogen and oxygen atoms in total. The van der Waals surface area contributed by atoms with Gasteiger partial charge in [0.25, 0.3) is 11.8 Å². The minimum Gasteiger partial charge on any atom is -0.467 e. The van der Waals surface area contributed by atoms with E-state index in [1.54, 1.807) is 18.4 Å². The van der Waals surface area contributed by atoms with Crippen molar-refractivity contribution in [2.75, 3.05) is 11.4 Å². The van der Waals surface area contributed by atoms with E-state index in [1.165, 1.54) is 21.8 Å². The topological polar surface area (TPSA) is 53.8 Å². The Balaban J connectivity index is 1.61. The molecule has 27 heavy (non-hydrogen) atoms. The van der Waals surface area contributed by atoms with E-state index in [9.17, 15) is 9.59 Å². The van der Waals surface area contributed by atoms with E-state index in [1.807, 2.05) is 40.6 Å². The molecule has 6 heteroatoms. The van der Waals surface area contributed by atoms with Gasteiger partial charge in [-0.05, 0) is 41.6 Å². The molecular weight excluding hydrogens is 360 g/mol. The van der Waals surface area contributed by atoms with Crippen molar-refractivity contribution in [2.24, 2.45) is 0 Å². The molecule has 0 bridgehead atoms. The molecule has 5 rings (SSSR count). The van der Waals surface area contributed by atoms with Crippen LogP contribution in [0.25, 0.3) is 5.57 Å². The molecule has 0 fully saturated rings. The van der Waals surface area contributed by atoms with Crippen LogP contribution in [0.2, 0.25) is 0 Å². The van der Waals surface area contributed by atoms with Crippen LogP contribution in [-0.4, -0.2) is 23.3 Å². The molecule has 2 aliphatic rings. The number of para-hydroxylation sites is 1. The van der Waals surface area contributed by atoms with Gasteiger partial charge in [-0.25, -0.2) is 0 Å². The number of furan rings is 1. The number of nitrogens with zero attached hydrogens (tertiary/aromatic N) is 2. The lowest BCUT2D eigenvalue weighted by Crippen LogP contribution is -2.34.